The molecule has 1 atom stereocenters. The van der Waals surface area contributed by atoms with E-state index in [1.54, 1.807) is 43.3 Å². The molecule has 1 N–H and O–H groups in total. The highest BCUT2D eigenvalue weighted by molar-refractivity contribution is 7.92. The van der Waals surface area contributed by atoms with Crippen molar-refractivity contribution in [3.05, 3.63) is 83.4 Å². The molecule has 1 unspecified atom stereocenters. The number of nitrogens with one attached hydrogen (secondary N) is 1. The van der Waals surface area contributed by atoms with Crippen molar-refractivity contribution in [1.82, 2.24) is 10.2 Å². The predicted molar refractivity (Wildman–Crippen MR) is 151 cm³/mol. The van der Waals surface area contributed by atoms with Gasteiger partial charge >= 0.3 is 0 Å². The van der Waals surface area contributed by atoms with Crippen LogP contribution in [-0.4, -0.2) is 59.0 Å². The van der Waals surface area contributed by atoms with Gasteiger partial charge in [-0.25, -0.2) is 8.42 Å². The number of methoxy groups -OCH3 is 2. The van der Waals surface area contributed by atoms with Crippen molar-refractivity contribution < 1.29 is 27.5 Å². The highest BCUT2D eigenvalue weighted by Gasteiger charge is 2.33. The lowest BCUT2D eigenvalue weighted by Gasteiger charge is -2.33. The normalized spacial score (nSPS) is 11.8. The predicted octanol–water partition coefficient (Wildman–Crippen LogP) is 4.11. The molecule has 0 saturated carbocycles. The molecule has 0 bridgehead atoms. The van der Waals surface area contributed by atoms with E-state index in [2.05, 4.69) is 5.32 Å². The van der Waals surface area contributed by atoms with Gasteiger partial charge in [-0.1, -0.05) is 36.7 Å². The largest absolute Gasteiger partial charge is 0.497 e. The Bertz CT molecular complexity index is 1400. The van der Waals surface area contributed by atoms with Crippen molar-refractivity contribution in [2.75, 3.05) is 32.1 Å². The molecule has 3 rings (SSSR count). The van der Waals surface area contributed by atoms with Gasteiger partial charge in [-0.3, -0.25) is 13.9 Å². The van der Waals surface area contributed by atoms with Crippen molar-refractivity contribution in [2.45, 2.75) is 30.8 Å². The number of amides is 2. The fraction of sp³-hybridized carbons (Fsp3) is 0.286. The summed E-state index contributed by atoms with van der Waals surface area (Å²) < 4.78 is 39.1. The Balaban J connectivity index is 2.06. The Morgan fingerprint density at radius 1 is 0.949 bits per heavy atom. The number of hydrogen-bond acceptors (Lipinski definition) is 6. The highest BCUT2D eigenvalue weighted by Crippen LogP contribution is 2.28. The van der Waals surface area contributed by atoms with Gasteiger partial charge in [-0.2, -0.15) is 0 Å². The molecule has 0 spiro atoms. The first-order valence-electron chi connectivity index (χ1n) is 12.2. The molecule has 0 saturated heterocycles. The average molecular weight is 574 g/mol. The molecule has 0 heterocycles. The Hall–Kier alpha value is -3.76. The molecule has 0 fully saturated rings. The second-order valence-corrected chi connectivity index (χ2v) is 10.9. The minimum absolute atomic E-state index is 0.0336. The van der Waals surface area contributed by atoms with Gasteiger partial charge < -0.3 is 19.7 Å². The summed E-state index contributed by atoms with van der Waals surface area (Å²) in [7, 11) is 0.293. The number of halogens is 1. The van der Waals surface area contributed by atoms with E-state index in [0.29, 0.717) is 22.9 Å². The van der Waals surface area contributed by atoms with E-state index < -0.39 is 28.5 Å². The maximum Gasteiger partial charge on any atom is 0.264 e. The van der Waals surface area contributed by atoms with Crippen LogP contribution < -0.4 is 19.1 Å². The highest BCUT2D eigenvalue weighted by atomic mass is 35.5. The fourth-order valence-electron chi connectivity index (χ4n) is 4.09. The van der Waals surface area contributed by atoms with Crippen LogP contribution in [0.25, 0.3) is 0 Å². The van der Waals surface area contributed by atoms with Crippen LogP contribution in [-0.2, 0) is 26.2 Å². The smallest absolute Gasteiger partial charge is 0.264 e. The average Bonchev–Trinajstić information content (AvgIpc) is 2.95. The van der Waals surface area contributed by atoms with Crippen LogP contribution in [0.15, 0.2) is 77.7 Å². The number of sulfonamides is 1. The Morgan fingerprint density at radius 3 is 2.21 bits per heavy atom. The number of benzene rings is 3. The van der Waals surface area contributed by atoms with Crippen LogP contribution in [0.5, 0.6) is 11.5 Å². The van der Waals surface area contributed by atoms with E-state index in [1.165, 1.54) is 56.5 Å². The van der Waals surface area contributed by atoms with Gasteiger partial charge in [-0.15, -0.1) is 0 Å². The van der Waals surface area contributed by atoms with E-state index in [-0.39, 0.29) is 23.0 Å². The summed E-state index contributed by atoms with van der Waals surface area (Å²) in [5.74, 6) is 0.155. The Morgan fingerprint density at radius 2 is 1.62 bits per heavy atom. The van der Waals surface area contributed by atoms with Crippen LogP contribution in [0.2, 0.25) is 5.02 Å². The van der Waals surface area contributed by atoms with Crippen LogP contribution in [0.3, 0.4) is 0 Å². The maximum absolute atomic E-state index is 13.9. The number of anilines is 1. The quantitative estimate of drug-likeness (QED) is 0.350. The van der Waals surface area contributed by atoms with E-state index in [1.807, 2.05) is 6.07 Å². The van der Waals surface area contributed by atoms with Crippen LogP contribution >= 0.6 is 11.6 Å². The molecule has 9 nitrogen and oxygen atoms in total. The molecule has 0 aliphatic heterocycles. The minimum Gasteiger partial charge on any atom is -0.497 e. The summed E-state index contributed by atoms with van der Waals surface area (Å²) in [6.07, 6.45) is 0.317. The molecule has 0 aliphatic carbocycles. The zero-order valence-corrected chi connectivity index (χ0v) is 23.8. The third-order valence-electron chi connectivity index (χ3n) is 6.14. The van der Waals surface area contributed by atoms with Gasteiger partial charge in [0, 0.05) is 18.6 Å². The van der Waals surface area contributed by atoms with E-state index >= 15 is 0 Å². The number of rotatable bonds is 12. The first-order chi connectivity index (χ1) is 18.6. The minimum atomic E-state index is -4.22. The van der Waals surface area contributed by atoms with Crippen LogP contribution in [0.4, 0.5) is 5.69 Å². The molecule has 0 aliphatic rings. The molecule has 3 aromatic rings. The van der Waals surface area contributed by atoms with Gasteiger partial charge in [0.15, 0.2) is 0 Å². The number of carbonyl (C=O) groups excluding carboxylic acids is 2. The van der Waals surface area contributed by atoms with Gasteiger partial charge in [0.1, 0.15) is 24.1 Å². The van der Waals surface area contributed by atoms with Crippen molar-refractivity contribution in [2.24, 2.45) is 0 Å². The summed E-state index contributed by atoms with van der Waals surface area (Å²) in [6.45, 7) is 1.29. The molecule has 2 amide bonds. The number of hydrogen-bond donors (Lipinski definition) is 1. The molecular formula is C28H32ClN3O6S. The zero-order valence-electron chi connectivity index (χ0n) is 22.3. The molecule has 208 valence electrons. The Kier molecular flexibility index (Phi) is 10.2. The lowest BCUT2D eigenvalue weighted by molar-refractivity contribution is -0.140. The van der Waals surface area contributed by atoms with Crippen molar-refractivity contribution in [1.29, 1.82) is 0 Å². The molecule has 39 heavy (non-hydrogen) atoms. The number of carbonyl (C=O) groups is 2. The molecule has 0 radical (unpaired) electrons. The lowest BCUT2D eigenvalue weighted by atomic mass is 10.1. The number of nitrogens with zero attached hydrogens (tertiary/aromatic N) is 2. The third-order valence-corrected chi connectivity index (χ3v) is 8.17. The Labute approximate surface area is 234 Å². The zero-order chi connectivity index (χ0) is 28.6. The first kappa shape index (κ1) is 29.8. The third kappa shape index (κ3) is 7.21. The summed E-state index contributed by atoms with van der Waals surface area (Å²) in [5.41, 5.74) is 0.929. The maximum atomic E-state index is 13.9. The summed E-state index contributed by atoms with van der Waals surface area (Å²) in [5, 5.41) is 2.91. The second-order valence-electron chi connectivity index (χ2n) is 8.58. The second kappa shape index (κ2) is 13.3. The van der Waals surface area contributed by atoms with Crippen LogP contribution in [0.1, 0.15) is 18.9 Å². The SMILES string of the molecule is CCC(C(=O)NC)N(Cc1cccc(OC)c1)C(=O)CN(c1cccc(Cl)c1)S(=O)(=O)c1ccc(OC)cc1. The van der Waals surface area contributed by atoms with Gasteiger partial charge in [0.05, 0.1) is 24.8 Å². The number of likely N-dealkylation sites (N-methyl/N-ethyl adjacent to an activating group) is 1. The lowest BCUT2D eigenvalue weighted by Crippen LogP contribution is -2.51. The van der Waals surface area contributed by atoms with Gasteiger partial charge in [0.2, 0.25) is 11.8 Å². The van der Waals surface area contributed by atoms with E-state index in [4.69, 9.17) is 21.1 Å². The monoisotopic (exact) mass is 573 g/mol. The standard InChI is InChI=1S/C28H32ClN3O6S/c1-5-26(28(34)30-2)31(18-20-8-6-11-24(16-20)38-4)27(33)19-32(22-10-7-9-21(29)17-22)39(35,36)25-14-12-23(37-3)13-15-25/h6-17,26H,5,18-19H2,1-4H3,(H,30,34). The number of ether oxygens (including phenoxy) is 2. The van der Waals surface area contributed by atoms with Crippen molar-refractivity contribution in [3.63, 3.8) is 0 Å². The summed E-state index contributed by atoms with van der Waals surface area (Å²) in [4.78, 5) is 28.1. The topological polar surface area (TPSA) is 105 Å². The molecule has 0 aromatic heterocycles. The molecule has 3 aromatic carbocycles. The fourth-order valence-corrected chi connectivity index (χ4v) is 5.68. The summed E-state index contributed by atoms with van der Waals surface area (Å²) >= 11 is 6.19. The first-order valence-corrected chi connectivity index (χ1v) is 14.0. The van der Waals surface area contributed by atoms with E-state index in [0.717, 1.165) is 9.87 Å². The van der Waals surface area contributed by atoms with Gasteiger partial charge in [0.25, 0.3) is 10.0 Å². The van der Waals surface area contributed by atoms with Crippen molar-refractivity contribution in [3.8, 4) is 11.5 Å². The van der Waals surface area contributed by atoms with Crippen LogP contribution in [0, 0.1) is 0 Å². The van der Waals surface area contributed by atoms with Crippen molar-refractivity contribution >= 4 is 39.1 Å². The molecule has 11 heteroatoms. The van der Waals surface area contributed by atoms with Gasteiger partial charge in [-0.05, 0) is 66.6 Å². The molecular weight excluding hydrogens is 542 g/mol. The van der Waals surface area contributed by atoms with E-state index in [9.17, 15) is 18.0 Å². The summed E-state index contributed by atoms with van der Waals surface area (Å²) in [6, 6.07) is 18.4.